The molecule has 230 valence electrons. The minimum Gasteiger partial charge on any atom is -0.467 e. The van der Waals surface area contributed by atoms with Crippen molar-refractivity contribution in [2.45, 2.75) is 50.5 Å². The molecule has 2 heterocycles. The maximum Gasteiger partial charge on any atom is 0.328 e. The quantitative estimate of drug-likeness (QED) is 0.187. The van der Waals surface area contributed by atoms with Crippen LogP contribution in [0.4, 0.5) is 10.5 Å². The van der Waals surface area contributed by atoms with Crippen LogP contribution in [0.15, 0.2) is 85.2 Å². The van der Waals surface area contributed by atoms with Crippen LogP contribution < -0.4 is 10.6 Å². The van der Waals surface area contributed by atoms with E-state index in [9.17, 15) is 14.7 Å². The molecule has 3 aromatic carbocycles. The van der Waals surface area contributed by atoms with Gasteiger partial charge in [-0.05, 0) is 28.8 Å². The summed E-state index contributed by atoms with van der Waals surface area (Å²) in [5.74, 6) is -0.551. The highest BCUT2D eigenvalue weighted by molar-refractivity contribution is 6.40. The van der Waals surface area contributed by atoms with Crippen LogP contribution in [0.3, 0.4) is 0 Å². The molecule has 10 nitrogen and oxygen atoms in total. The second-order valence-corrected chi connectivity index (χ2v) is 11.0. The van der Waals surface area contributed by atoms with E-state index in [0.717, 1.165) is 16.7 Å². The van der Waals surface area contributed by atoms with E-state index in [1.807, 2.05) is 60.7 Å². The van der Waals surface area contributed by atoms with Gasteiger partial charge in [0.1, 0.15) is 11.2 Å². The van der Waals surface area contributed by atoms with E-state index in [-0.39, 0.29) is 30.4 Å². The van der Waals surface area contributed by atoms with Crippen molar-refractivity contribution < 1.29 is 28.9 Å². The number of aromatic nitrogens is 2. The number of carbonyl (C=O) groups excluding carboxylic acids is 2. The first-order valence-corrected chi connectivity index (χ1v) is 14.7. The fraction of sp³-hybridized carbons (Fsp3) is 0.281. The van der Waals surface area contributed by atoms with Gasteiger partial charge in [-0.1, -0.05) is 89.9 Å². The average Bonchev–Trinajstić information content (AvgIpc) is 3.36. The molecule has 12 heteroatoms. The first kappa shape index (κ1) is 31.5. The molecule has 2 amide bonds. The third kappa shape index (κ3) is 7.96. The Hall–Kier alpha value is -3.93. The number of hydrogen-bond donors (Lipinski definition) is 3. The van der Waals surface area contributed by atoms with Crippen molar-refractivity contribution in [3.05, 3.63) is 118 Å². The van der Waals surface area contributed by atoms with Crippen molar-refractivity contribution in [3.63, 3.8) is 0 Å². The summed E-state index contributed by atoms with van der Waals surface area (Å²) >= 11 is 12.4. The fourth-order valence-electron chi connectivity index (χ4n) is 5.00. The predicted octanol–water partition coefficient (Wildman–Crippen LogP) is 5.83. The Morgan fingerprint density at radius 2 is 1.80 bits per heavy atom. The Morgan fingerprint density at radius 3 is 2.48 bits per heavy atom. The van der Waals surface area contributed by atoms with Crippen LogP contribution in [-0.2, 0) is 38.6 Å². The standard InChI is InChI=1S/C32H32Cl2N4O6/c1-42-30(40)26(14-20-6-3-2-4-7-20)37-32(41)36-24-9-5-8-23(15-24)31-43-25(17-38-19-35-28(33)29(38)34)16-27(44-31)22-12-10-21(18-39)11-13-22/h2-13,15,19,25-27,31,39H,14,16-18H2,1H3,(H2,36,37,41). The van der Waals surface area contributed by atoms with E-state index in [4.69, 9.17) is 37.4 Å². The molecule has 0 aliphatic carbocycles. The molecular formula is C32H32Cl2N4O6. The van der Waals surface area contributed by atoms with Crippen LogP contribution in [0.1, 0.15) is 41.1 Å². The highest BCUT2D eigenvalue weighted by Gasteiger charge is 2.33. The van der Waals surface area contributed by atoms with Crippen molar-refractivity contribution in [1.29, 1.82) is 0 Å². The molecule has 44 heavy (non-hydrogen) atoms. The number of urea groups is 1. The molecule has 0 saturated carbocycles. The zero-order valence-corrected chi connectivity index (χ0v) is 25.4. The number of nitrogens with one attached hydrogen (secondary N) is 2. The van der Waals surface area contributed by atoms with Gasteiger partial charge in [0.2, 0.25) is 0 Å². The van der Waals surface area contributed by atoms with Gasteiger partial charge in [-0.25, -0.2) is 14.6 Å². The summed E-state index contributed by atoms with van der Waals surface area (Å²) in [4.78, 5) is 29.4. The lowest BCUT2D eigenvalue weighted by atomic mass is 10.00. The van der Waals surface area contributed by atoms with Gasteiger partial charge in [0, 0.05) is 24.1 Å². The molecule has 0 spiro atoms. The molecule has 3 N–H and O–H groups in total. The van der Waals surface area contributed by atoms with Crippen LogP contribution in [0.25, 0.3) is 0 Å². The van der Waals surface area contributed by atoms with Gasteiger partial charge in [-0.2, -0.15) is 0 Å². The van der Waals surface area contributed by atoms with Gasteiger partial charge in [-0.15, -0.1) is 0 Å². The Balaban J connectivity index is 1.32. The number of hydrogen-bond acceptors (Lipinski definition) is 7. The topological polar surface area (TPSA) is 124 Å². The van der Waals surface area contributed by atoms with Crippen molar-refractivity contribution in [2.24, 2.45) is 0 Å². The highest BCUT2D eigenvalue weighted by atomic mass is 35.5. The smallest absolute Gasteiger partial charge is 0.328 e. The molecule has 1 aromatic heterocycles. The number of ether oxygens (including phenoxy) is 3. The van der Waals surface area contributed by atoms with Gasteiger partial charge in [0.05, 0.1) is 38.8 Å². The van der Waals surface area contributed by atoms with Crippen molar-refractivity contribution in [3.8, 4) is 0 Å². The SMILES string of the molecule is COC(=O)C(Cc1ccccc1)NC(=O)Nc1cccc(C2OC(Cn3cnc(Cl)c3Cl)CC(c3ccc(CO)cc3)O2)c1. The zero-order valence-electron chi connectivity index (χ0n) is 23.9. The number of benzene rings is 3. The number of carbonyl (C=O) groups is 2. The van der Waals surface area contributed by atoms with Crippen LogP contribution in [0.5, 0.6) is 0 Å². The molecule has 0 bridgehead atoms. The number of esters is 1. The number of aliphatic hydroxyl groups excluding tert-OH is 1. The number of imidazole rings is 1. The van der Waals surface area contributed by atoms with Gasteiger partial charge in [0.15, 0.2) is 11.4 Å². The van der Waals surface area contributed by atoms with Crippen molar-refractivity contribution in [1.82, 2.24) is 14.9 Å². The van der Waals surface area contributed by atoms with E-state index in [2.05, 4.69) is 15.6 Å². The van der Waals surface area contributed by atoms with E-state index < -0.39 is 24.3 Å². The molecule has 0 radical (unpaired) electrons. The predicted molar refractivity (Wildman–Crippen MR) is 165 cm³/mol. The second kappa shape index (κ2) is 14.7. The molecule has 4 unspecified atom stereocenters. The minimum atomic E-state index is -0.877. The normalized spacial score (nSPS) is 18.8. The Bertz CT molecular complexity index is 1570. The summed E-state index contributed by atoms with van der Waals surface area (Å²) in [7, 11) is 1.28. The summed E-state index contributed by atoms with van der Waals surface area (Å²) in [6.07, 6.45) is 0.934. The fourth-order valence-corrected chi connectivity index (χ4v) is 5.31. The molecule has 4 aromatic rings. The van der Waals surface area contributed by atoms with Gasteiger partial charge in [-0.3, -0.25) is 0 Å². The number of amides is 2. The number of nitrogens with zero attached hydrogens (tertiary/aromatic N) is 2. The molecule has 1 saturated heterocycles. The third-order valence-corrected chi connectivity index (χ3v) is 8.01. The van der Waals surface area contributed by atoms with Crippen molar-refractivity contribution >= 4 is 40.9 Å². The second-order valence-electron chi connectivity index (χ2n) is 10.3. The van der Waals surface area contributed by atoms with Gasteiger partial charge >= 0.3 is 12.0 Å². The summed E-state index contributed by atoms with van der Waals surface area (Å²) in [6, 6.07) is 22.6. The zero-order chi connectivity index (χ0) is 31.1. The number of anilines is 1. The number of rotatable bonds is 10. The number of methoxy groups -OCH3 is 1. The Kier molecular flexibility index (Phi) is 10.5. The van der Waals surface area contributed by atoms with Crippen LogP contribution in [0.2, 0.25) is 10.3 Å². The Labute approximate surface area is 264 Å². The monoisotopic (exact) mass is 638 g/mol. The summed E-state index contributed by atoms with van der Waals surface area (Å²) in [5.41, 5.74) is 3.75. The highest BCUT2D eigenvalue weighted by Crippen LogP contribution is 2.39. The molecule has 1 fully saturated rings. The molecule has 4 atom stereocenters. The lowest BCUT2D eigenvalue weighted by molar-refractivity contribution is -0.252. The van der Waals surface area contributed by atoms with Gasteiger partial charge in [0.25, 0.3) is 0 Å². The van der Waals surface area contributed by atoms with Crippen molar-refractivity contribution in [2.75, 3.05) is 12.4 Å². The average molecular weight is 640 g/mol. The minimum absolute atomic E-state index is 0.0555. The van der Waals surface area contributed by atoms with Gasteiger partial charge < -0.3 is 34.5 Å². The van der Waals surface area contributed by atoms with Crippen LogP contribution in [-0.4, -0.2) is 45.9 Å². The van der Waals surface area contributed by atoms with E-state index in [0.29, 0.717) is 29.4 Å². The number of aliphatic hydroxyl groups is 1. The lowest BCUT2D eigenvalue weighted by Crippen LogP contribution is -2.45. The molecule has 1 aliphatic rings. The first-order chi connectivity index (χ1) is 21.3. The van der Waals surface area contributed by atoms with Crippen LogP contribution >= 0.6 is 23.2 Å². The Morgan fingerprint density at radius 1 is 1.02 bits per heavy atom. The summed E-state index contributed by atoms with van der Waals surface area (Å²) in [6.45, 7) is 0.334. The van der Waals surface area contributed by atoms with E-state index in [1.54, 1.807) is 29.1 Å². The maximum absolute atomic E-state index is 13.0. The van der Waals surface area contributed by atoms with Crippen LogP contribution in [0, 0.1) is 0 Å². The maximum atomic E-state index is 13.0. The summed E-state index contributed by atoms with van der Waals surface area (Å²) in [5, 5.41) is 15.5. The molecule has 1 aliphatic heterocycles. The lowest BCUT2D eigenvalue weighted by Gasteiger charge is -2.36. The largest absolute Gasteiger partial charge is 0.467 e. The molecular weight excluding hydrogens is 607 g/mol. The first-order valence-electron chi connectivity index (χ1n) is 14.0. The van der Waals surface area contributed by atoms with E-state index >= 15 is 0 Å². The number of halogens is 2. The summed E-state index contributed by atoms with van der Waals surface area (Å²) < 4.78 is 19.4. The van der Waals surface area contributed by atoms with E-state index in [1.165, 1.54) is 7.11 Å². The molecule has 5 rings (SSSR count). The third-order valence-electron chi connectivity index (χ3n) is 7.24.